The van der Waals surface area contributed by atoms with E-state index in [1.807, 2.05) is 50.2 Å². The number of thiol groups is 1. The van der Waals surface area contributed by atoms with E-state index in [1.165, 1.54) is 4.90 Å². The van der Waals surface area contributed by atoms with Crippen LogP contribution in [0.1, 0.15) is 30.1 Å². The number of benzene rings is 1. The normalized spacial score (nSPS) is 14.0. The number of rotatable bonds is 9. The van der Waals surface area contributed by atoms with Crippen LogP contribution < -0.4 is 0 Å². The van der Waals surface area contributed by atoms with Gasteiger partial charge in [0.25, 0.3) is 0 Å². The van der Waals surface area contributed by atoms with E-state index in [2.05, 4.69) is 19.2 Å². The molecule has 116 valence electrons. The molecule has 0 aromatic heterocycles. The van der Waals surface area contributed by atoms with E-state index >= 15 is 0 Å². The fourth-order valence-electron chi connectivity index (χ4n) is 2.03. The highest BCUT2D eigenvalue weighted by Crippen LogP contribution is 2.25. The van der Waals surface area contributed by atoms with Gasteiger partial charge in [0.2, 0.25) is 0 Å². The van der Waals surface area contributed by atoms with Crippen LogP contribution in [0, 0.1) is 0 Å². The molecule has 1 atom stereocenters. The first-order valence-electron chi connectivity index (χ1n) is 7.12. The van der Waals surface area contributed by atoms with Crippen molar-refractivity contribution in [3.63, 3.8) is 0 Å². The third-order valence-electron chi connectivity index (χ3n) is 3.71. The molecule has 0 radical (unpaired) electrons. The number of carbonyl (C=O) groups is 1. The second kappa shape index (κ2) is 8.66. The van der Waals surface area contributed by atoms with Gasteiger partial charge in [-0.1, -0.05) is 18.2 Å². The topological polar surface area (TPSA) is 20.3 Å². The monoisotopic (exact) mass is 323 g/mol. The molecule has 0 saturated heterocycles. The second-order valence-corrected chi connectivity index (χ2v) is 7.06. The number of hydrogen-bond donors (Lipinski definition) is 1. The van der Waals surface area contributed by atoms with Crippen LogP contribution in [0.25, 0.3) is 0 Å². The van der Waals surface area contributed by atoms with E-state index in [0.717, 1.165) is 23.5 Å². The number of ketones is 1. The predicted octanol–water partition coefficient (Wildman–Crippen LogP) is 4.18. The molecule has 0 aliphatic heterocycles. The maximum absolute atomic E-state index is 12.8. The highest BCUT2D eigenvalue weighted by Gasteiger charge is 2.34. The molecule has 1 rings (SSSR count). The second-order valence-electron chi connectivity index (χ2n) is 5.44. The summed E-state index contributed by atoms with van der Waals surface area (Å²) in [4.78, 5) is 15.9. The highest BCUT2D eigenvalue weighted by atomic mass is 32.2. The van der Waals surface area contributed by atoms with Crippen molar-refractivity contribution in [1.82, 2.24) is 4.90 Å². The minimum Gasteiger partial charge on any atom is -0.297 e. The molecule has 0 N–H and O–H groups in total. The van der Waals surface area contributed by atoms with E-state index < -0.39 is 5.54 Å². The standard InChI is InChI=1S/C17H25NOS2/c1-5-11-17(2,18(3)4)16(19)14-7-9-15(10-8-14)21-13-6-12-20/h5,7-10,20H,1,6,11-13H2,2-4H3. The van der Waals surface area contributed by atoms with Gasteiger partial charge in [0.15, 0.2) is 5.78 Å². The lowest BCUT2D eigenvalue weighted by Crippen LogP contribution is -2.48. The van der Waals surface area contributed by atoms with Gasteiger partial charge in [-0.15, -0.1) is 18.3 Å². The number of thioether (sulfide) groups is 1. The molecule has 0 aliphatic carbocycles. The van der Waals surface area contributed by atoms with Crippen LogP contribution in [-0.2, 0) is 0 Å². The quantitative estimate of drug-likeness (QED) is 0.242. The first-order chi connectivity index (χ1) is 9.95. The Balaban J connectivity index is 2.84. The molecular weight excluding hydrogens is 298 g/mol. The summed E-state index contributed by atoms with van der Waals surface area (Å²) in [6, 6.07) is 7.91. The van der Waals surface area contributed by atoms with Gasteiger partial charge in [-0.3, -0.25) is 9.69 Å². The summed E-state index contributed by atoms with van der Waals surface area (Å²) in [7, 11) is 3.87. The van der Waals surface area contributed by atoms with E-state index in [9.17, 15) is 4.79 Å². The van der Waals surface area contributed by atoms with Crippen molar-refractivity contribution in [3.8, 4) is 0 Å². The molecule has 21 heavy (non-hydrogen) atoms. The van der Waals surface area contributed by atoms with Crippen molar-refractivity contribution < 1.29 is 4.79 Å². The van der Waals surface area contributed by atoms with Crippen LogP contribution in [0.2, 0.25) is 0 Å². The molecular formula is C17H25NOS2. The minimum absolute atomic E-state index is 0.138. The number of nitrogens with zero attached hydrogens (tertiary/aromatic N) is 1. The van der Waals surface area contributed by atoms with Gasteiger partial charge in [-0.2, -0.15) is 12.6 Å². The van der Waals surface area contributed by atoms with Gasteiger partial charge in [0.1, 0.15) is 0 Å². The van der Waals surface area contributed by atoms with Gasteiger partial charge in [-0.25, -0.2) is 0 Å². The zero-order valence-electron chi connectivity index (χ0n) is 13.1. The largest absolute Gasteiger partial charge is 0.297 e. The van der Waals surface area contributed by atoms with Crippen LogP contribution in [0.4, 0.5) is 0 Å². The summed E-state index contributed by atoms with van der Waals surface area (Å²) in [5.41, 5.74) is 0.217. The Labute approximate surface area is 138 Å². The molecule has 0 aliphatic rings. The number of Topliss-reactive ketones (excluding diaryl/α,β-unsaturated/α-hetero) is 1. The van der Waals surface area contributed by atoms with Gasteiger partial charge in [-0.05, 0) is 57.5 Å². The fraction of sp³-hybridized carbons (Fsp3) is 0.471. The van der Waals surface area contributed by atoms with Gasteiger partial charge < -0.3 is 0 Å². The molecule has 1 aromatic carbocycles. The van der Waals surface area contributed by atoms with Gasteiger partial charge in [0, 0.05) is 10.5 Å². The van der Waals surface area contributed by atoms with E-state index in [1.54, 1.807) is 17.8 Å². The first kappa shape index (κ1) is 18.3. The predicted molar refractivity (Wildman–Crippen MR) is 96.9 cm³/mol. The lowest BCUT2D eigenvalue weighted by Gasteiger charge is -2.34. The molecule has 1 unspecified atom stereocenters. The van der Waals surface area contributed by atoms with Crippen molar-refractivity contribution >= 4 is 30.2 Å². The van der Waals surface area contributed by atoms with Crippen LogP contribution in [0.3, 0.4) is 0 Å². The molecule has 1 aromatic rings. The van der Waals surface area contributed by atoms with Gasteiger partial charge >= 0.3 is 0 Å². The van der Waals surface area contributed by atoms with Crippen LogP contribution in [0.15, 0.2) is 41.8 Å². The van der Waals surface area contributed by atoms with Gasteiger partial charge in [0.05, 0.1) is 5.54 Å². The Hall–Kier alpha value is -0.710. The maximum Gasteiger partial charge on any atom is 0.183 e. The Morgan fingerprint density at radius 1 is 1.38 bits per heavy atom. The molecule has 0 saturated carbocycles. The Morgan fingerprint density at radius 3 is 2.48 bits per heavy atom. The summed E-state index contributed by atoms with van der Waals surface area (Å²) in [5, 5.41) is 0. The third-order valence-corrected chi connectivity index (χ3v) is 5.12. The van der Waals surface area contributed by atoms with Crippen LogP contribution in [-0.4, -0.2) is 41.8 Å². The van der Waals surface area contributed by atoms with Crippen molar-refractivity contribution in [2.24, 2.45) is 0 Å². The summed E-state index contributed by atoms with van der Waals surface area (Å²) in [6.45, 7) is 5.74. The van der Waals surface area contributed by atoms with Crippen molar-refractivity contribution in [2.45, 2.75) is 30.2 Å². The molecule has 0 bridgehead atoms. The molecule has 0 amide bonds. The zero-order valence-corrected chi connectivity index (χ0v) is 14.8. The molecule has 0 heterocycles. The molecule has 0 spiro atoms. The molecule has 0 fully saturated rings. The maximum atomic E-state index is 12.8. The summed E-state index contributed by atoms with van der Waals surface area (Å²) in [6.07, 6.45) is 3.53. The van der Waals surface area contributed by atoms with E-state index in [4.69, 9.17) is 0 Å². The smallest absolute Gasteiger partial charge is 0.183 e. The van der Waals surface area contributed by atoms with Crippen LogP contribution >= 0.6 is 24.4 Å². The summed E-state index contributed by atoms with van der Waals surface area (Å²) in [5.74, 6) is 2.11. The Morgan fingerprint density at radius 2 is 2.00 bits per heavy atom. The van der Waals surface area contributed by atoms with E-state index in [0.29, 0.717) is 6.42 Å². The van der Waals surface area contributed by atoms with Crippen LogP contribution in [0.5, 0.6) is 0 Å². The minimum atomic E-state index is -0.539. The average molecular weight is 324 g/mol. The first-order valence-corrected chi connectivity index (χ1v) is 8.74. The Bertz CT molecular complexity index is 470. The number of hydrogen-bond acceptors (Lipinski definition) is 4. The van der Waals surface area contributed by atoms with Crippen molar-refractivity contribution in [3.05, 3.63) is 42.5 Å². The number of carbonyl (C=O) groups excluding carboxylic acids is 1. The third kappa shape index (κ3) is 4.90. The zero-order chi connectivity index (χ0) is 15.9. The van der Waals surface area contributed by atoms with E-state index in [-0.39, 0.29) is 5.78 Å². The average Bonchev–Trinajstić information content (AvgIpc) is 2.47. The Kier molecular flexibility index (Phi) is 7.57. The summed E-state index contributed by atoms with van der Waals surface area (Å²) < 4.78 is 0. The van der Waals surface area contributed by atoms with Crippen molar-refractivity contribution in [2.75, 3.05) is 25.6 Å². The summed E-state index contributed by atoms with van der Waals surface area (Å²) >= 11 is 6.01. The SMILES string of the molecule is C=CCC(C)(C(=O)c1ccc(SCCCS)cc1)N(C)C. The van der Waals surface area contributed by atoms with Crippen molar-refractivity contribution in [1.29, 1.82) is 0 Å². The lowest BCUT2D eigenvalue weighted by molar-refractivity contribution is 0.0725. The number of likely N-dealkylation sites (N-methyl/N-ethyl adjacent to an activating group) is 1. The fourth-order valence-corrected chi connectivity index (χ4v) is 3.25. The molecule has 2 nitrogen and oxygen atoms in total. The molecule has 4 heteroatoms. The lowest BCUT2D eigenvalue weighted by atomic mass is 9.87. The highest BCUT2D eigenvalue weighted by molar-refractivity contribution is 7.99.